The lowest BCUT2D eigenvalue weighted by molar-refractivity contribution is 0.107. The Labute approximate surface area is 252 Å². The van der Waals surface area contributed by atoms with E-state index >= 15 is 4.39 Å². The van der Waals surface area contributed by atoms with E-state index in [9.17, 15) is 4.39 Å². The van der Waals surface area contributed by atoms with Gasteiger partial charge in [-0.3, -0.25) is 4.90 Å². The maximum absolute atomic E-state index is 16.8. The van der Waals surface area contributed by atoms with Crippen LogP contribution in [0.5, 0.6) is 11.9 Å². The van der Waals surface area contributed by atoms with Crippen LogP contribution in [0.4, 0.5) is 14.6 Å². The first-order valence-corrected chi connectivity index (χ1v) is 15.6. The third-order valence-corrected chi connectivity index (χ3v) is 10.5. The molecule has 1 N–H and O–H groups in total. The number of rotatable bonds is 4. The first kappa shape index (κ1) is 26.1. The smallest absolute Gasteiger partial charge is 0.319 e. The van der Waals surface area contributed by atoms with Crippen molar-refractivity contribution in [2.24, 2.45) is 0 Å². The van der Waals surface area contributed by atoms with Crippen LogP contribution >= 0.6 is 11.6 Å². The second-order valence-corrected chi connectivity index (χ2v) is 13.2. The fourth-order valence-electron chi connectivity index (χ4n) is 8.27. The number of benzene rings is 2. The van der Waals surface area contributed by atoms with Gasteiger partial charge < -0.3 is 19.7 Å². The molecule has 4 saturated heterocycles. The van der Waals surface area contributed by atoms with E-state index < -0.39 is 12.0 Å². The van der Waals surface area contributed by atoms with Crippen LogP contribution in [0.15, 0.2) is 36.4 Å². The van der Waals surface area contributed by atoms with Crippen molar-refractivity contribution < 1.29 is 18.3 Å². The fraction of sp³-hybridized carbons (Fsp3) is 0.469. The maximum Gasteiger partial charge on any atom is 0.319 e. The summed E-state index contributed by atoms with van der Waals surface area (Å²) < 4.78 is 44.0. The van der Waals surface area contributed by atoms with E-state index in [1.165, 1.54) is 0 Å². The molecule has 5 aliphatic heterocycles. The van der Waals surface area contributed by atoms with E-state index in [0.29, 0.717) is 53.3 Å². The number of pyridine rings is 1. The second-order valence-electron chi connectivity index (χ2n) is 12.7. The molecule has 0 spiro atoms. The largest absolute Gasteiger partial charge is 0.475 e. The average molecular weight is 605 g/mol. The van der Waals surface area contributed by atoms with Crippen LogP contribution in [0.3, 0.4) is 0 Å². The van der Waals surface area contributed by atoms with Crippen LogP contribution in [0, 0.1) is 5.82 Å². The molecule has 2 aromatic carbocycles. The average Bonchev–Trinajstić information content (AvgIpc) is 3.64. The standard InChI is InChI=1S/C32H31ClF2N6O2/c33-18-5-7-21-17(11-18)3-1-4-22(21)27-26(35)28-25-29(41-14-20-6-8-23(36-20)24(41)15-42-30(25)37-27)39-31(38-28)43-16-32-9-2-10-40(32)13-19(34)12-32/h1,3-5,7,11,19-20,23-24,36H,2,6,8-10,12-16H2/t19-,20?,23?,24?,32+/m1/s1. The summed E-state index contributed by atoms with van der Waals surface area (Å²) in [6.07, 6.45) is 3.54. The van der Waals surface area contributed by atoms with Crippen molar-refractivity contribution in [3.63, 3.8) is 0 Å². The van der Waals surface area contributed by atoms with Gasteiger partial charge in [-0.2, -0.15) is 9.97 Å². The van der Waals surface area contributed by atoms with Crippen molar-refractivity contribution in [2.45, 2.75) is 61.9 Å². The Balaban J connectivity index is 1.21. The Morgan fingerprint density at radius 3 is 3.00 bits per heavy atom. The van der Waals surface area contributed by atoms with E-state index in [4.69, 9.17) is 31.0 Å². The van der Waals surface area contributed by atoms with Gasteiger partial charge in [0.2, 0.25) is 5.88 Å². The lowest BCUT2D eigenvalue weighted by Crippen LogP contribution is -2.60. The van der Waals surface area contributed by atoms with Crippen LogP contribution in [-0.4, -0.2) is 82.5 Å². The number of nitrogens with one attached hydrogen (secondary N) is 1. The van der Waals surface area contributed by atoms with Gasteiger partial charge in [-0.1, -0.05) is 35.9 Å². The molecule has 4 aromatic rings. The number of aromatic nitrogens is 3. The maximum atomic E-state index is 16.8. The van der Waals surface area contributed by atoms with Gasteiger partial charge in [-0.05, 0) is 55.1 Å². The number of hydrogen-bond donors (Lipinski definition) is 1. The third kappa shape index (κ3) is 4.02. The predicted molar refractivity (Wildman–Crippen MR) is 160 cm³/mol. The van der Waals surface area contributed by atoms with Crippen LogP contribution in [0.2, 0.25) is 5.02 Å². The molecular weight excluding hydrogens is 574 g/mol. The van der Waals surface area contributed by atoms with Gasteiger partial charge in [-0.25, -0.2) is 13.8 Å². The molecule has 5 aliphatic rings. The summed E-state index contributed by atoms with van der Waals surface area (Å²) in [4.78, 5) is 18.8. The number of alkyl halides is 1. The van der Waals surface area contributed by atoms with Gasteiger partial charge in [0.1, 0.15) is 41.8 Å². The van der Waals surface area contributed by atoms with Crippen molar-refractivity contribution in [1.29, 1.82) is 0 Å². The summed E-state index contributed by atoms with van der Waals surface area (Å²) in [7, 11) is 0. The Morgan fingerprint density at radius 2 is 2.07 bits per heavy atom. The van der Waals surface area contributed by atoms with Crippen molar-refractivity contribution in [2.75, 3.05) is 37.7 Å². The highest BCUT2D eigenvalue weighted by Gasteiger charge is 2.50. The highest BCUT2D eigenvalue weighted by Crippen LogP contribution is 2.45. The minimum atomic E-state index is -0.871. The normalized spacial score (nSPS) is 29.5. The summed E-state index contributed by atoms with van der Waals surface area (Å²) in [6, 6.07) is 11.9. The van der Waals surface area contributed by atoms with Gasteiger partial charge >= 0.3 is 6.01 Å². The number of halogens is 3. The van der Waals surface area contributed by atoms with Crippen LogP contribution in [-0.2, 0) is 0 Å². The van der Waals surface area contributed by atoms with Gasteiger partial charge in [0.05, 0.1) is 11.6 Å². The van der Waals surface area contributed by atoms with Gasteiger partial charge in [-0.15, -0.1) is 0 Å². The lowest BCUT2D eigenvalue weighted by Gasteiger charge is -2.40. The summed E-state index contributed by atoms with van der Waals surface area (Å²) in [5.41, 5.74) is 0.526. The molecule has 0 radical (unpaired) electrons. The van der Waals surface area contributed by atoms with Crippen LogP contribution in [0.1, 0.15) is 32.1 Å². The molecule has 2 bridgehead atoms. The number of fused-ring (bicyclic) bond motifs is 7. The molecule has 9 rings (SSSR count). The van der Waals surface area contributed by atoms with Gasteiger partial charge in [0, 0.05) is 42.2 Å². The highest BCUT2D eigenvalue weighted by atomic mass is 35.5. The molecule has 222 valence electrons. The zero-order chi connectivity index (χ0) is 28.9. The minimum absolute atomic E-state index is 0.0103. The number of hydrogen-bond acceptors (Lipinski definition) is 8. The molecule has 2 aromatic heterocycles. The van der Waals surface area contributed by atoms with E-state index in [2.05, 4.69) is 20.1 Å². The van der Waals surface area contributed by atoms with E-state index in [1.807, 2.05) is 30.3 Å². The molecule has 0 aliphatic carbocycles. The minimum Gasteiger partial charge on any atom is -0.475 e. The summed E-state index contributed by atoms with van der Waals surface area (Å²) >= 11 is 6.27. The van der Waals surface area contributed by atoms with E-state index in [-0.39, 0.29) is 41.5 Å². The SMILES string of the molecule is Fc1c(-c2cccc3cc(Cl)ccc23)nc2c3c(nc(OC[C@@]45CCCN4C[C@H](F)C5)nc13)N1CC3CCC(N3)C1CO2. The molecule has 4 fully saturated rings. The van der Waals surface area contributed by atoms with Crippen LogP contribution < -0.4 is 19.7 Å². The molecule has 5 atom stereocenters. The molecule has 11 heteroatoms. The Morgan fingerprint density at radius 1 is 1.14 bits per heavy atom. The molecule has 0 amide bonds. The Hall–Kier alpha value is -3.34. The van der Waals surface area contributed by atoms with Gasteiger partial charge in [0.15, 0.2) is 5.82 Å². The number of anilines is 1. The molecule has 8 nitrogen and oxygen atoms in total. The van der Waals surface area contributed by atoms with Crippen molar-refractivity contribution in [3.05, 3.63) is 47.2 Å². The monoisotopic (exact) mass is 604 g/mol. The Bertz CT molecular complexity index is 1790. The molecule has 0 saturated carbocycles. The summed E-state index contributed by atoms with van der Waals surface area (Å²) in [5, 5.41) is 6.49. The summed E-state index contributed by atoms with van der Waals surface area (Å²) in [6.45, 7) is 2.68. The molecule has 7 heterocycles. The van der Waals surface area contributed by atoms with Crippen molar-refractivity contribution in [3.8, 4) is 23.1 Å². The third-order valence-electron chi connectivity index (χ3n) is 10.3. The number of nitrogens with zero attached hydrogens (tertiary/aromatic N) is 5. The zero-order valence-electron chi connectivity index (χ0n) is 23.5. The topological polar surface area (TPSA) is 75.6 Å². The Kier molecular flexibility index (Phi) is 5.81. The zero-order valence-corrected chi connectivity index (χ0v) is 24.3. The quantitative estimate of drug-likeness (QED) is 0.337. The predicted octanol–water partition coefficient (Wildman–Crippen LogP) is 5.29. The van der Waals surface area contributed by atoms with E-state index in [1.54, 1.807) is 6.07 Å². The first-order chi connectivity index (χ1) is 21.0. The van der Waals surface area contributed by atoms with E-state index in [0.717, 1.165) is 49.5 Å². The van der Waals surface area contributed by atoms with Crippen LogP contribution in [0.25, 0.3) is 32.9 Å². The fourth-order valence-corrected chi connectivity index (χ4v) is 8.45. The molecule has 3 unspecified atom stereocenters. The van der Waals surface area contributed by atoms with Crippen molar-refractivity contribution >= 4 is 39.1 Å². The highest BCUT2D eigenvalue weighted by molar-refractivity contribution is 6.31. The lowest BCUT2D eigenvalue weighted by atomic mass is 9.95. The number of piperazine rings is 1. The first-order valence-electron chi connectivity index (χ1n) is 15.2. The number of ether oxygens (including phenoxy) is 2. The molecule has 43 heavy (non-hydrogen) atoms. The second kappa shape index (κ2) is 9.58. The molecular formula is C32H31ClF2N6O2. The van der Waals surface area contributed by atoms with Gasteiger partial charge in [0.25, 0.3) is 0 Å². The van der Waals surface area contributed by atoms with Crippen molar-refractivity contribution in [1.82, 2.24) is 25.2 Å². The summed E-state index contributed by atoms with van der Waals surface area (Å²) in [5.74, 6) is 0.357.